The second-order valence-electron chi connectivity index (χ2n) is 16.9. The fraction of sp³-hybridized carbons (Fsp3) is 0.229. The van der Waals surface area contributed by atoms with E-state index in [4.69, 9.17) is 9.97 Å². The number of para-hydroxylation sites is 1. The zero-order valence-corrected chi connectivity index (χ0v) is 35.1. The van der Waals surface area contributed by atoms with Crippen LogP contribution in [0.5, 0.6) is 0 Å². The van der Waals surface area contributed by atoms with Gasteiger partial charge in [-0.25, -0.2) is 9.97 Å². The maximum absolute atomic E-state index is 5.38. The van der Waals surface area contributed by atoms with E-state index in [9.17, 15) is 0 Å². The standard InChI is InChI=1S/C48H44N6.Pt/c1-28-22-29(2)45(30(3)23-28)40-27-39(51-52-40)38-18-17-36-37-24-31(47(4,5)6)14-19-42(37)53(46(36)50-38)33-15-16-35-34-12-10-11-13-41(34)54(43(35)26-33)44-25-32(20-21-49-44)48(7,8)9;/h10-25,27H,1-9H3;/q-2;+2. The molecular weight excluding hydrogens is 856 g/mol. The van der Waals surface area contributed by atoms with Gasteiger partial charge in [0.25, 0.3) is 0 Å². The largest absolute Gasteiger partial charge is 2.00 e. The fourth-order valence-corrected chi connectivity index (χ4v) is 8.13. The molecule has 276 valence electrons. The molecule has 0 aliphatic heterocycles. The van der Waals surface area contributed by atoms with Crippen LogP contribution in [0.1, 0.15) is 69.4 Å². The van der Waals surface area contributed by atoms with Crippen LogP contribution in [0.3, 0.4) is 0 Å². The Bertz CT molecular complexity index is 2920. The number of rotatable bonds is 4. The van der Waals surface area contributed by atoms with E-state index in [1.807, 2.05) is 6.20 Å². The van der Waals surface area contributed by atoms with E-state index in [0.717, 1.165) is 72.5 Å². The number of hydrogen-bond acceptors (Lipinski definition) is 3. The van der Waals surface area contributed by atoms with Crippen molar-refractivity contribution in [2.45, 2.75) is 73.1 Å². The third-order valence-corrected chi connectivity index (χ3v) is 10.9. The van der Waals surface area contributed by atoms with Gasteiger partial charge in [0, 0.05) is 33.7 Å². The van der Waals surface area contributed by atoms with E-state index in [2.05, 4.69) is 185 Å². The van der Waals surface area contributed by atoms with Crippen molar-refractivity contribution in [3.05, 3.63) is 137 Å². The molecule has 0 spiro atoms. The predicted octanol–water partition coefficient (Wildman–Crippen LogP) is 11.7. The molecule has 0 aliphatic carbocycles. The Morgan fingerprint density at radius 3 is 2.05 bits per heavy atom. The monoisotopic (exact) mass is 899 g/mol. The van der Waals surface area contributed by atoms with E-state index in [-0.39, 0.29) is 31.9 Å². The van der Waals surface area contributed by atoms with Gasteiger partial charge in [-0.05, 0) is 108 Å². The first-order valence-electron chi connectivity index (χ1n) is 18.7. The number of aryl methyl sites for hydroxylation is 3. The molecule has 0 unspecified atom stereocenters. The first-order chi connectivity index (χ1) is 25.8. The quantitative estimate of drug-likeness (QED) is 0.165. The van der Waals surface area contributed by atoms with Crippen molar-refractivity contribution in [3.8, 4) is 34.2 Å². The molecule has 5 aromatic heterocycles. The Labute approximate surface area is 336 Å². The summed E-state index contributed by atoms with van der Waals surface area (Å²) in [5.41, 5.74) is 14.6. The van der Waals surface area contributed by atoms with Gasteiger partial charge < -0.3 is 19.3 Å². The minimum atomic E-state index is -0.0196. The van der Waals surface area contributed by atoms with Gasteiger partial charge in [0.1, 0.15) is 11.5 Å². The smallest absolute Gasteiger partial charge is 0.573 e. The summed E-state index contributed by atoms with van der Waals surface area (Å²) < 4.78 is 4.51. The summed E-state index contributed by atoms with van der Waals surface area (Å²) in [6.07, 6.45) is 1.92. The predicted molar refractivity (Wildman–Crippen MR) is 223 cm³/mol. The normalized spacial score (nSPS) is 12.3. The molecule has 9 rings (SSSR count). The number of pyridine rings is 2. The van der Waals surface area contributed by atoms with Crippen LogP contribution >= 0.6 is 0 Å². The van der Waals surface area contributed by atoms with E-state index in [1.54, 1.807) is 0 Å². The first kappa shape index (κ1) is 36.6. The third-order valence-electron chi connectivity index (χ3n) is 10.9. The Hall–Kier alpha value is -5.32. The summed E-state index contributed by atoms with van der Waals surface area (Å²) in [6, 6.07) is 38.7. The van der Waals surface area contributed by atoms with Crippen LogP contribution in [0.25, 0.3) is 77.9 Å². The van der Waals surface area contributed by atoms with Crippen LogP contribution in [0.15, 0.2) is 103 Å². The zero-order valence-electron chi connectivity index (χ0n) is 32.8. The molecule has 0 fully saturated rings. The van der Waals surface area contributed by atoms with Crippen molar-refractivity contribution in [1.82, 2.24) is 29.3 Å². The Morgan fingerprint density at radius 2 is 1.31 bits per heavy atom. The fourth-order valence-electron chi connectivity index (χ4n) is 8.13. The Balaban J connectivity index is 0.00000427. The second kappa shape index (κ2) is 13.2. The average Bonchev–Trinajstić information content (AvgIpc) is 3.82. The molecule has 0 saturated heterocycles. The van der Waals surface area contributed by atoms with Gasteiger partial charge in [-0.3, -0.25) is 0 Å². The molecule has 0 amide bonds. The molecule has 55 heavy (non-hydrogen) atoms. The number of nitrogens with zero attached hydrogens (tertiary/aromatic N) is 6. The molecule has 0 radical (unpaired) electrons. The molecule has 9 aromatic rings. The molecule has 7 heteroatoms. The van der Waals surface area contributed by atoms with Gasteiger partial charge in [-0.15, -0.1) is 17.5 Å². The molecule has 0 bridgehead atoms. The van der Waals surface area contributed by atoms with Crippen molar-refractivity contribution in [3.63, 3.8) is 0 Å². The van der Waals surface area contributed by atoms with Crippen molar-refractivity contribution in [2.24, 2.45) is 0 Å². The van der Waals surface area contributed by atoms with Crippen molar-refractivity contribution in [1.29, 1.82) is 0 Å². The summed E-state index contributed by atoms with van der Waals surface area (Å²) in [6.45, 7) is 19.9. The summed E-state index contributed by atoms with van der Waals surface area (Å²) in [5.74, 6) is 0.879. The molecular formula is C48H44N6Pt. The van der Waals surface area contributed by atoms with Crippen LogP contribution in [0.4, 0.5) is 0 Å². The van der Waals surface area contributed by atoms with Gasteiger partial charge in [-0.1, -0.05) is 100 Å². The average molecular weight is 900 g/mol. The van der Waals surface area contributed by atoms with Crippen molar-refractivity contribution < 1.29 is 21.1 Å². The number of benzene rings is 4. The topological polar surface area (TPSA) is 62.6 Å². The number of fused-ring (bicyclic) bond motifs is 6. The molecule has 0 aliphatic rings. The maximum atomic E-state index is 5.38. The minimum absolute atomic E-state index is 0. The van der Waals surface area contributed by atoms with Crippen LogP contribution in [0, 0.1) is 26.8 Å². The third kappa shape index (κ3) is 6.12. The first-order valence-corrected chi connectivity index (χ1v) is 18.7. The minimum Gasteiger partial charge on any atom is -0.573 e. The van der Waals surface area contributed by atoms with Gasteiger partial charge in [0.2, 0.25) is 0 Å². The SMILES string of the molecule is Cc1cc(C)c(-c2cc(-c3ccc4c5cc(C(C)(C)C)ccc5n(-c5[c-]c6c(cc5)c5ccccc5n6-c5cc(C(C)(C)C)ccn5)c4n3)[n-]n2)c(C)c1.[Pt+2]. The molecule has 0 saturated carbocycles. The molecule has 6 nitrogen and oxygen atoms in total. The summed E-state index contributed by atoms with van der Waals surface area (Å²) >= 11 is 0. The molecule has 4 aromatic carbocycles. The van der Waals surface area contributed by atoms with E-state index in [1.165, 1.54) is 33.2 Å². The molecule has 0 N–H and O–H groups in total. The molecule has 0 atom stereocenters. The Kier molecular flexibility index (Phi) is 8.77. The summed E-state index contributed by atoms with van der Waals surface area (Å²) in [4.78, 5) is 10.3. The van der Waals surface area contributed by atoms with Crippen molar-refractivity contribution in [2.75, 3.05) is 0 Å². The molecule has 5 heterocycles. The number of hydrogen-bond donors (Lipinski definition) is 0. The van der Waals surface area contributed by atoms with Gasteiger partial charge in [0.05, 0.1) is 11.2 Å². The second-order valence-corrected chi connectivity index (χ2v) is 16.9. The summed E-state index contributed by atoms with van der Waals surface area (Å²) in [7, 11) is 0. The van der Waals surface area contributed by atoms with Crippen LogP contribution in [0.2, 0.25) is 0 Å². The van der Waals surface area contributed by atoms with Crippen LogP contribution < -0.4 is 5.10 Å². The van der Waals surface area contributed by atoms with Crippen LogP contribution in [-0.2, 0) is 31.9 Å². The van der Waals surface area contributed by atoms with Crippen molar-refractivity contribution >= 4 is 43.7 Å². The summed E-state index contributed by atoms with van der Waals surface area (Å²) in [5, 5.41) is 13.9. The van der Waals surface area contributed by atoms with Crippen LogP contribution in [-0.4, -0.2) is 24.2 Å². The van der Waals surface area contributed by atoms with Gasteiger partial charge in [-0.2, -0.15) is 6.07 Å². The van der Waals surface area contributed by atoms with Gasteiger partial charge >= 0.3 is 21.1 Å². The van der Waals surface area contributed by atoms with Gasteiger partial charge in [0.15, 0.2) is 0 Å². The van der Waals surface area contributed by atoms with E-state index < -0.39 is 0 Å². The zero-order chi connectivity index (χ0) is 37.7. The Morgan fingerprint density at radius 1 is 0.618 bits per heavy atom. The number of aromatic nitrogens is 6. The van der Waals surface area contributed by atoms with E-state index >= 15 is 0 Å². The maximum Gasteiger partial charge on any atom is 2.00 e. The van der Waals surface area contributed by atoms with E-state index in [0.29, 0.717) is 0 Å².